The van der Waals surface area contributed by atoms with E-state index in [1.807, 2.05) is 12.4 Å². The zero-order chi connectivity index (χ0) is 12.7. The van der Waals surface area contributed by atoms with Gasteiger partial charge in [0.25, 0.3) is 0 Å². The highest BCUT2D eigenvalue weighted by molar-refractivity contribution is 5.33. The molecule has 1 N–H and O–H groups in total. The number of piperidine rings is 1. The molecule has 3 heterocycles. The summed E-state index contributed by atoms with van der Waals surface area (Å²) >= 11 is 0. The van der Waals surface area contributed by atoms with Gasteiger partial charge in [-0.15, -0.1) is 0 Å². The number of fused-ring (bicyclic) bond motifs is 2. The second-order valence-electron chi connectivity index (χ2n) is 6.09. The summed E-state index contributed by atoms with van der Waals surface area (Å²) in [4.78, 5) is 11.2. The lowest BCUT2D eigenvalue weighted by atomic mass is 10.0. The van der Waals surface area contributed by atoms with Gasteiger partial charge >= 0.3 is 0 Å². The molecule has 4 rings (SSSR count). The maximum absolute atomic E-state index is 5.67. The van der Waals surface area contributed by atoms with Crippen molar-refractivity contribution in [2.45, 2.75) is 25.3 Å². The molecule has 102 valence electrons. The molecule has 3 aliphatic rings. The van der Waals surface area contributed by atoms with E-state index >= 15 is 0 Å². The number of aromatic nitrogens is 2. The highest BCUT2D eigenvalue weighted by atomic mass is 16.5. The van der Waals surface area contributed by atoms with Crippen molar-refractivity contribution >= 4 is 5.95 Å². The van der Waals surface area contributed by atoms with Gasteiger partial charge in [-0.1, -0.05) is 0 Å². The van der Waals surface area contributed by atoms with Crippen LogP contribution >= 0.6 is 0 Å². The molecule has 5 heteroatoms. The van der Waals surface area contributed by atoms with Crippen LogP contribution in [-0.2, 0) is 0 Å². The van der Waals surface area contributed by atoms with E-state index in [1.165, 1.54) is 19.3 Å². The van der Waals surface area contributed by atoms with Crippen LogP contribution in [0.5, 0.6) is 5.75 Å². The quantitative estimate of drug-likeness (QED) is 0.877. The van der Waals surface area contributed by atoms with Gasteiger partial charge in [-0.2, -0.15) is 0 Å². The zero-order valence-electron chi connectivity index (χ0n) is 11.1. The third-order valence-corrected chi connectivity index (χ3v) is 4.31. The lowest BCUT2D eigenvalue weighted by Crippen LogP contribution is -2.41. The van der Waals surface area contributed by atoms with Crippen molar-refractivity contribution in [3.05, 3.63) is 12.4 Å². The standard InChI is InChI=1S/C14H20N4O/c1-2-10(1)9-19-13-5-16-14(17-6-13)18-7-11-3-12(8-18)15-4-11/h5-6,10-12,15H,1-4,7-9H2. The Kier molecular flexibility index (Phi) is 2.80. The number of hydrogen-bond acceptors (Lipinski definition) is 5. The largest absolute Gasteiger partial charge is 0.490 e. The van der Waals surface area contributed by atoms with Crippen molar-refractivity contribution in [3.8, 4) is 5.75 Å². The Balaban J connectivity index is 1.40. The van der Waals surface area contributed by atoms with Crippen LogP contribution in [0, 0.1) is 11.8 Å². The molecule has 3 fully saturated rings. The highest BCUT2D eigenvalue weighted by Crippen LogP contribution is 2.29. The van der Waals surface area contributed by atoms with Gasteiger partial charge in [-0.05, 0) is 31.1 Å². The number of nitrogens with one attached hydrogen (secondary N) is 1. The molecule has 0 amide bonds. The Labute approximate surface area is 113 Å². The van der Waals surface area contributed by atoms with Crippen molar-refractivity contribution in [2.75, 3.05) is 31.1 Å². The first-order valence-electron chi connectivity index (χ1n) is 7.30. The predicted molar refractivity (Wildman–Crippen MR) is 72.4 cm³/mol. The minimum absolute atomic E-state index is 0.619. The molecule has 1 aromatic rings. The van der Waals surface area contributed by atoms with Crippen LogP contribution in [0.4, 0.5) is 5.95 Å². The van der Waals surface area contributed by atoms with Crippen LogP contribution < -0.4 is 15.0 Å². The minimum Gasteiger partial charge on any atom is -0.490 e. The minimum atomic E-state index is 0.619. The molecule has 1 aromatic heterocycles. The van der Waals surface area contributed by atoms with Crippen LogP contribution in [0.15, 0.2) is 12.4 Å². The fourth-order valence-electron chi connectivity index (χ4n) is 3.04. The molecule has 2 saturated heterocycles. The molecule has 1 aliphatic carbocycles. The van der Waals surface area contributed by atoms with E-state index in [-0.39, 0.29) is 0 Å². The molecule has 0 radical (unpaired) electrons. The van der Waals surface area contributed by atoms with Crippen LogP contribution in [0.1, 0.15) is 19.3 Å². The van der Waals surface area contributed by atoms with Crippen molar-refractivity contribution in [2.24, 2.45) is 11.8 Å². The Morgan fingerprint density at radius 3 is 2.84 bits per heavy atom. The molecule has 2 unspecified atom stereocenters. The maximum Gasteiger partial charge on any atom is 0.225 e. The number of hydrogen-bond donors (Lipinski definition) is 1. The van der Waals surface area contributed by atoms with Gasteiger partial charge in [-0.3, -0.25) is 0 Å². The van der Waals surface area contributed by atoms with Gasteiger partial charge < -0.3 is 15.0 Å². The average Bonchev–Trinajstić information content (AvgIpc) is 3.22. The Bertz CT molecular complexity index is 433. The summed E-state index contributed by atoms with van der Waals surface area (Å²) in [6.45, 7) is 4.06. The van der Waals surface area contributed by atoms with Gasteiger partial charge in [0, 0.05) is 25.7 Å². The Morgan fingerprint density at radius 1 is 1.26 bits per heavy atom. The molecule has 0 aromatic carbocycles. The molecular formula is C14H20N4O. The monoisotopic (exact) mass is 260 g/mol. The Morgan fingerprint density at radius 2 is 2.11 bits per heavy atom. The summed E-state index contributed by atoms with van der Waals surface area (Å²) in [5, 5.41) is 3.55. The lowest BCUT2D eigenvalue weighted by molar-refractivity contribution is 0.297. The first-order chi connectivity index (χ1) is 9.37. The van der Waals surface area contributed by atoms with Gasteiger partial charge in [0.1, 0.15) is 0 Å². The van der Waals surface area contributed by atoms with E-state index in [0.29, 0.717) is 6.04 Å². The second kappa shape index (κ2) is 4.63. The van der Waals surface area contributed by atoms with Gasteiger partial charge in [-0.25, -0.2) is 9.97 Å². The fourth-order valence-corrected chi connectivity index (χ4v) is 3.04. The SMILES string of the molecule is c1nc(N2CC3CNC(C3)C2)ncc1OCC1CC1. The summed E-state index contributed by atoms with van der Waals surface area (Å²) in [5.74, 6) is 3.17. The first kappa shape index (κ1) is 11.5. The normalized spacial score (nSPS) is 29.6. The smallest absolute Gasteiger partial charge is 0.225 e. The second-order valence-corrected chi connectivity index (χ2v) is 6.09. The number of anilines is 1. The average molecular weight is 260 g/mol. The zero-order valence-corrected chi connectivity index (χ0v) is 11.1. The van der Waals surface area contributed by atoms with E-state index in [1.54, 1.807) is 0 Å². The molecular weight excluding hydrogens is 240 g/mol. The summed E-state index contributed by atoms with van der Waals surface area (Å²) in [6, 6.07) is 0.619. The number of ether oxygens (including phenoxy) is 1. The van der Waals surface area contributed by atoms with E-state index in [4.69, 9.17) is 4.74 Å². The van der Waals surface area contributed by atoms with Crippen LogP contribution in [-0.4, -0.2) is 42.3 Å². The molecule has 2 atom stereocenters. The molecule has 19 heavy (non-hydrogen) atoms. The predicted octanol–water partition coefficient (Wildman–Crippen LogP) is 1.06. The van der Waals surface area contributed by atoms with Crippen molar-refractivity contribution in [1.82, 2.24) is 15.3 Å². The van der Waals surface area contributed by atoms with Crippen LogP contribution in [0.25, 0.3) is 0 Å². The summed E-state index contributed by atoms with van der Waals surface area (Å²) in [7, 11) is 0. The summed E-state index contributed by atoms with van der Waals surface area (Å²) in [5.41, 5.74) is 0. The molecule has 2 bridgehead atoms. The molecule has 5 nitrogen and oxygen atoms in total. The van der Waals surface area contributed by atoms with Gasteiger partial charge in [0.15, 0.2) is 5.75 Å². The van der Waals surface area contributed by atoms with Crippen LogP contribution in [0.2, 0.25) is 0 Å². The van der Waals surface area contributed by atoms with E-state index in [9.17, 15) is 0 Å². The lowest BCUT2D eigenvalue weighted by Gasteiger charge is -2.30. The van der Waals surface area contributed by atoms with E-state index in [2.05, 4.69) is 20.2 Å². The van der Waals surface area contributed by atoms with Gasteiger partial charge in [0.2, 0.25) is 5.95 Å². The molecule has 1 saturated carbocycles. The summed E-state index contributed by atoms with van der Waals surface area (Å²) < 4.78 is 5.67. The third-order valence-electron chi connectivity index (χ3n) is 4.31. The maximum atomic E-state index is 5.67. The van der Waals surface area contributed by atoms with Crippen LogP contribution in [0.3, 0.4) is 0 Å². The molecule has 0 spiro atoms. The highest BCUT2D eigenvalue weighted by Gasteiger charge is 2.33. The van der Waals surface area contributed by atoms with Crippen molar-refractivity contribution < 1.29 is 4.74 Å². The van der Waals surface area contributed by atoms with Crippen molar-refractivity contribution in [3.63, 3.8) is 0 Å². The topological polar surface area (TPSA) is 50.3 Å². The summed E-state index contributed by atoms with van der Waals surface area (Å²) in [6.07, 6.45) is 7.55. The van der Waals surface area contributed by atoms with E-state index in [0.717, 1.165) is 49.8 Å². The third kappa shape index (κ3) is 2.52. The molecule has 2 aliphatic heterocycles. The first-order valence-corrected chi connectivity index (χ1v) is 7.30. The van der Waals surface area contributed by atoms with Crippen molar-refractivity contribution in [1.29, 1.82) is 0 Å². The van der Waals surface area contributed by atoms with Gasteiger partial charge in [0.05, 0.1) is 19.0 Å². The fraction of sp³-hybridized carbons (Fsp3) is 0.714. The number of nitrogens with zero attached hydrogens (tertiary/aromatic N) is 3. The number of rotatable bonds is 4. The van der Waals surface area contributed by atoms with E-state index < -0.39 is 0 Å². The Hall–Kier alpha value is -1.36.